The fourth-order valence-electron chi connectivity index (χ4n) is 1.19. The summed E-state index contributed by atoms with van der Waals surface area (Å²) in [4.78, 5) is 7.43. The molecule has 5 nitrogen and oxygen atoms in total. The molecule has 0 aliphatic carbocycles. The van der Waals surface area contributed by atoms with Crippen molar-refractivity contribution in [2.24, 2.45) is 0 Å². The zero-order valence-electron chi connectivity index (χ0n) is 7.94. The third kappa shape index (κ3) is 2.73. The molecular weight excluding hydrogens is 197 g/mol. The Labute approximate surface area is 85.8 Å². The molecular formula is C9H10FN5. The molecule has 0 bridgehead atoms. The van der Waals surface area contributed by atoms with E-state index < -0.39 is 5.95 Å². The average molecular weight is 207 g/mol. The molecule has 0 amide bonds. The summed E-state index contributed by atoms with van der Waals surface area (Å²) in [5.41, 5.74) is 0.710. The Hall–Kier alpha value is -1.98. The van der Waals surface area contributed by atoms with E-state index in [1.165, 1.54) is 18.6 Å². The Morgan fingerprint density at radius 2 is 2.33 bits per heavy atom. The molecule has 2 rings (SSSR count). The summed E-state index contributed by atoms with van der Waals surface area (Å²) < 4.78 is 12.7. The largest absolute Gasteiger partial charge is 0.384 e. The molecule has 0 radical (unpaired) electrons. The highest BCUT2D eigenvalue weighted by molar-refractivity contribution is 5.41. The number of rotatable bonds is 4. The van der Waals surface area contributed by atoms with Gasteiger partial charge in [-0.15, -0.1) is 0 Å². The molecule has 6 heteroatoms. The van der Waals surface area contributed by atoms with Crippen molar-refractivity contribution in [1.29, 1.82) is 0 Å². The van der Waals surface area contributed by atoms with Gasteiger partial charge in [-0.3, -0.25) is 5.10 Å². The molecule has 2 aromatic heterocycles. The molecule has 78 valence electrons. The maximum absolute atomic E-state index is 12.7. The van der Waals surface area contributed by atoms with Gasteiger partial charge in [-0.25, -0.2) is 9.97 Å². The van der Waals surface area contributed by atoms with Crippen LogP contribution in [0, 0.1) is 5.95 Å². The maximum atomic E-state index is 12.7. The molecule has 2 aromatic rings. The van der Waals surface area contributed by atoms with Gasteiger partial charge >= 0.3 is 0 Å². The van der Waals surface area contributed by atoms with Crippen LogP contribution in [0.4, 0.5) is 10.1 Å². The van der Waals surface area contributed by atoms with Crippen LogP contribution in [0.15, 0.2) is 24.7 Å². The SMILES string of the molecule is Fc1cc(NCCc2ncn[nH]2)ccn1. The normalized spacial score (nSPS) is 10.2. The van der Waals surface area contributed by atoms with E-state index in [-0.39, 0.29) is 0 Å². The van der Waals surface area contributed by atoms with Gasteiger partial charge in [-0.2, -0.15) is 9.49 Å². The van der Waals surface area contributed by atoms with Crippen LogP contribution in [-0.2, 0) is 6.42 Å². The van der Waals surface area contributed by atoms with Crippen molar-refractivity contribution in [2.75, 3.05) is 11.9 Å². The van der Waals surface area contributed by atoms with Crippen molar-refractivity contribution < 1.29 is 4.39 Å². The van der Waals surface area contributed by atoms with Gasteiger partial charge in [0, 0.05) is 30.9 Å². The maximum Gasteiger partial charge on any atom is 0.214 e. The van der Waals surface area contributed by atoms with E-state index >= 15 is 0 Å². The van der Waals surface area contributed by atoms with Crippen LogP contribution in [0.2, 0.25) is 0 Å². The first kappa shape index (κ1) is 9.57. The fraction of sp³-hybridized carbons (Fsp3) is 0.222. The average Bonchev–Trinajstić information content (AvgIpc) is 2.71. The van der Waals surface area contributed by atoms with Gasteiger partial charge < -0.3 is 5.32 Å². The highest BCUT2D eigenvalue weighted by Crippen LogP contribution is 2.06. The predicted octanol–water partition coefficient (Wildman–Crippen LogP) is 0.993. The Kier molecular flexibility index (Phi) is 2.87. The van der Waals surface area contributed by atoms with E-state index in [0.717, 1.165) is 5.82 Å². The summed E-state index contributed by atoms with van der Waals surface area (Å²) in [7, 11) is 0. The molecule has 0 fully saturated rings. The number of halogens is 1. The number of pyridine rings is 1. The van der Waals surface area contributed by atoms with Crippen LogP contribution in [0.5, 0.6) is 0 Å². The van der Waals surface area contributed by atoms with Crippen molar-refractivity contribution in [1.82, 2.24) is 20.2 Å². The van der Waals surface area contributed by atoms with E-state index in [0.29, 0.717) is 18.7 Å². The van der Waals surface area contributed by atoms with Gasteiger partial charge in [0.15, 0.2) is 0 Å². The summed E-state index contributed by atoms with van der Waals surface area (Å²) in [5, 5.41) is 9.53. The van der Waals surface area contributed by atoms with Gasteiger partial charge in [0.1, 0.15) is 12.2 Å². The number of aromatic amines is 1. The Morgan fingerprint density at radius 3 is 3.07 bits per heavy atom. The van der Waals surface area contributed by atoms with E-state index in [4.69, 9.17) is 0 Å². The number of aromatic nitrogens is 4. The summed E-state index contributed by atoms with van der Waals surface area (Å²) >= 11 is 0. The summed E-state index contributed by atoms with van der Waals surface area (Å²) in [6.45, 7) is 0.665. The third-order valence-corrected chi connectivity index (χ3v) is 1.88. The summed E-state index contributed by atoms with van der Waals surface area (Å²) in [6, 6.07) is 3.06. The third-order valence-electron chi connectivity index (χ3n) is 1.88. The zero-order valence-corrected chi connectivity index (χ0v) is 7.94. The number of H-pyrrole nitrogens is 1. The van der Waals surface area contributed by atoms with Gasteiger partial charge in [0.25, 0.3) is 0 Å². The van der Waals surface area contributed by atoms with Crippen LogP contribution in [0.1, 0.15) is 5.82 Å². The van der Waals surface area contributed by atoms with Crippen molar-refractivity contribution in [3.8, 4) is 0 Å². The molecule has 15 heavy (non-hydrogen) atoms. The van der Waals surface area contributed by atoms with E-state index in [1.807, 2.05) is 0 Å². The molecule has 0 spiro atoms. The molecule has 2 heterocycles. The van der Waals surface area contributed by atoms with Crippen molar-refractivity contribution in [3.05, 3.63) is 36.4 Å². The number of nitrogens with one attached hydrogen (secondary N) is 2. The molecule has 0 saturated carbocycles. The quantitative estimate of drug-likeness (QED) is 0.734. The van der Waals surface area contributed by atoms with Gasteiger partial charge in [-0.05, 0) is 6.07 Å². The number of hydrogen-bond donors (Lipinski definition) is 2. The van der Waals surface area contributed by atoms with Gasteiger partial charge in [0.05, 0.1) is 0 Å². The van der Waals surface area contributed by atoms with E-state index in [9.17, 15) is 4.39 Å². The minimum Gasteiger partial charge on any atom is -0.384 e. The van der Waals surface area contributed by atoms with Crippen LogP contribution in [0.25, 0.3) is 0 Å². The summed E-state index contributed by atoms with van der Waals surface area (Å²) in [6.07, 6.45) is 3.59. The molecule has 0 saturated heterocycles. The Balaban J connectivity index is 1.83. The van der Waals surface area contributed by atoms with E-state index in [2.05, 4.69) is 25.5 Å². The fourth-order valence-corrected chi connectivity index (χ4v) is 1.19. The van der Waals surface area contributed by atoms with Crippen LogP contribution in [-0.4, -0.2) is 26.7 Å². The lowest BCUT2D eigenvalue weighted by atomic mass is 10.3. The summed E-state index contributed by atoms with van der Waals surface area (Å²) in [5.74, 6) is 0.316. The first-order valence-corrected chi connectivity index (χ1v) is 4.54. The van der Waals surface area contributed by atoms with Crippen LogP contribution < -0.4 is 5.32 Å². The first-order chi connectivity index (χ1) is 7.34. The molecule has 0 unspecified atom stereocenters. The second-order valence-corrected chi connectivity index (χ2v) is 2.98. The van der Waals surface area contributed by atoms with Crippen molar-refractivity contribution >= 4 is 5.69 Å². The Bertz CT molecular complexity index is 414. The van der Waals surface area contributed by atoms with Gasteiger partial charge in [0.2, 0.25) is 5.95 Å². The second-order valence-electron chi connectivity index (χ2n) is 2.98. The van der Waals surface area contributed by atoms with Crippen LogP contribution >= 0.6 is 0 Å². The minimum atomic E-state index is -0.486. The highest BCUT2D eigenvalue weighted by atomic mass is 19.1. The van der Waals surface area contributed by atoms with E-state index in [1.54, 1.807) is 6.07 Å². The molecule has 0 aliphatic rings. The van der Waals surface area contributed by atoms with Crippen LogP contribution in [0.3, 0.4) is 0 Å². The second kappa shape index (κ2) is 4.50. The van der Waals surface area contributed by atoms with Gasteiger partial charge in [-0.1, -0.05) is 0 Å². The zero-order chi connectivity index (χ0) is 10.5. The smallest absolute Gasteiger partial charge is 0.214 e. The number of anilines is 1. The van der Waals surface area contributed by atoms with Crippen molar-refractivity contribution in [3.63, 3.8) is 0 Å². The molecule has 0 atom stereocenters. The first-order valence-electron chi connectivity index (χ1n) is 4.54. The predicted molar refractivity (Wildman–Crippen MR) is 52.8 cm³/mol. The molecule has 0 aliphatic heterocycles. The lowest BCUT2D eigenvalue weighted by Gasteiger charge is -2.03. The monoisotopic (exact) mass is 207 g/mol. The van der Waals surface area contributed by atoms with Crippen molar-refractivity contribution in [2.45, 2.75) is 6.42 Å². The number of nitrogens with zero attached hydrogens (tertiary/aromatic N) is 3. The molecule has 2 N–H and O–H groups in total. The minimum absolute atomic E-state index is 0.486. The lowest BCUT2D eigenvalue weighted by Crippen LogP contribution is -2.06. The topological polar surface area (TPSA) is 66.5 Å². The number of hydrogen-bond acceptors (Lipinski definition) is 4. The molecule has 0 aromatic carbocycles. The lowest BCUT2D eigenvalue weighted by molar-refractivity contribution is 0.584. The highest BCUT2D eigenvalue weighted by Gasteiger charge is 1.97. The standard InChI is InChI=1S/C9H10FN5/c10-8-5-7(1-3-12-8)11-4-2-9-13-6-14-15-9/h1,3,5-6H,2,4H2,(H,11,12)(H,13,14,15). The Morgan fingerprint density at radius 1 is 1.40 bits per heavy atom.